The molecular weight excluding hydrogens is 284 g/mol. The van der Waals surface area contributed by atoms with E-state index in [4.69, 9.17) is 9.84 Å². The highest BCUT2D eigenvalue weighted by molar-refractivity contribution is 5.84. The van der Waals surface area contributed by atoms with Crippen LogP contribution in [0.1, 0.15) is 46.2 Å². The first-order chi connectivity index (χ1) is 10.1. The third-order valence-corrected chi connectivity index (χ3v) is 2.93. The zero-order valence-electron chi connectivity index (χ0n) is 13.6. The highest BCUT2D eigenvalue weighted by atomic mass is 16.6. The molecule has 0 saturated carbocycles. The molecule has 1 aromatic rings. The molecule has 0 bridgehead atoms. The van der Waals surface area contributed by atoms with Gasteiger partial charge in [-0.05, 0) is 52.3 Å². The Kier molecular flexibility index (Phi) is 5.93. The predicted octanol–water partition coefficient (Wildman–Crippen LogP) is 3.16. The molecule has 0 radical (unpaired) electrons. The number of carboxylic acid groups (broad SMARTS) is 1. The average molecular weight is 308 g/mol. The Morgan fingerprint density at radius 2 is 1.68 bits per heavy atom. The first-order valence-corrected chi connectivity index (χ1v) is 7.17. The summed E-state index contributed by atoms with van der Waals surface area (Å²) in [6.07, 6.45) is -0.508. The van der Waals surface area contributed by atoms with Gasteiger partial charge in [0.2, 0.25) is 0 Å². The number of carbonyl (C=O) groups excluding carboxylic acids is 1. The van der Waals surface area contributed by atoms with Crippen LogP contribution in [0.4, 0.5) is 10.5 Å². The molecule has 22 heavy (non-hydrogen) atoms. The lowest BCUT2D eigenvalue weighted by molar-refractivity contribution is -0.139. The fraction of sp³-hybridized carbons (Fsp3) is 0.500. The quantitative estimate of drug-likeness (QED) is 0.777. The van der Waals surface area contributed by atoms with E-state index in [0.717, 1.165) is 5.56 Å². The van der Waals surface area contributed by atoms with Crippen LogP contribution in [-0.2, 0) is 9.53 Å². The third kappa shape index (κ3) is 6.13. The Balaban J connectivity index is 2.63. The Morgan fingerprint density at radius 1 is 1.14 bits per heavy atom. The first-order valence-electron chi connectivity index (χ1n) is 7.17. The summed E-state index contributed by atoms with van der Waals surface area (Å²) in [4.78, 5) is 22.5. The Hall–Kier alpha value is -2.08. The van der Waals surface area contributed by atoms with E-state index in [1.807, 2.05) is 19.1 Å². The second kappa shape index (κ2) is 7.26. The molecule has 0 heterocycles. The number of aliphatic carboxylic acids is 1. The molecule has 122 valence electrons. The molecule has 2 atom stereocenters. The number of nitrogens with one attached hydrogen (secondary N) is 2. The van der Waals surface area contributed by atoms with Crippen LogP contribution in [0.5, 0.6) is 0 Å². The van der Waals surface area contributed by atoms with Crippen molar-refractivity contribution in [1.82, 2.24) is 5.32 Å². The predicted molar refractivity (Wildman–Crippen MR) is 84.9 cm³/mol. The Labute approximate surface area is 130 Å². The van der Waals surface area contributed by atoms with Crippen molar-refractivity contribution in [3.63, 3.8) is 0 Å². The number of hydrogen-bond donors (Lipinski definition) is 3. The summed E-state index contributed by atoms with van der Waals surface area (Å²) < 4.78 is 5.17. The van der Waals surface area contributed by atoms with Crippen LogP contribution in [-0.4, -0.2) is 28.8 Å². The highest BCUT2D eigenvalue weighted by Crippen LogP contribution is 2.17. The summed E-state index contributed by atoms with van der Waals surface area (Å²) in [7, 11) is 0. The van der Waals surface area contributed by atoms with E-state index in [2.05, 4.69) is 10.6 Å². The molecular formula is C16H24N2O4. The van der Waals surface area contributed by atoms with Gasteiger partial charge < -0.3 is 9.84 Å². The lowest BCUT2D eigenvalue weighted by atomic mass is 10.1. The van der Waals surface area contributed by atoms with E-state index in [-0.39, 0.29) is 6.04 Å². The monoisotopic (exact) mass is 308 g/mol. The zero-order chi connectivity index (χ0) is 16.9. The van der Waals surface area contributed by atoms with Crippen LogP contribution < -0.4 is 10.6 Å². The zero-order valence-corrected chi connectivity index (χ0v) is 13.6. The smallest absolute Gasteiger partial charge is 0.412 e. The van der Waals surface area contributed by atoms with Gasteiger partial charge in [0.25, 0.3) is 0 Å². The molecule has 6 heteroatoms. The van der Waals surface area contributed by atoms with Gasteiger partial charge in [0.15, 0.2) is 0 Å². The van der Waals surface area contributed by atoms with Crippen molar-refractivity contribution in [2.45, 2.75) is 52.3 Å². The highest BCUT2D eigenvalue weighted by Gasteiger charge is 2.17. The number of carbonyl (C=O) groups is 2. The van der Waals surface area contributed by atoms with Gasteiger partial charge in [-0.3, -0.25) is 15.4 Å². The molecule has 2 unspecified atom stereocenters. The summed E-state index contributed by atoms with van der Waals surface area (Å²) in [5.74, 6) is -0.893. The summed E-state index contributed by atoms with van der Waals surface area (Å²) in [5, 5.41) is 14.5. The molecule has 0 aliphatic heterocycles. The Morgan fingerprint density at radius 3 is 2.14 bits per heavy atom. The number of carboxylic acids is 1. The van der Waals surface area contributed by atoms with E-state index >= 15 is 0 Å². The van der Waals surface area contributed by atoms with Gasteiger partial charge >= 0.3 is 12.1 Å². The normalized spacial score (nSPS) is 14.0. The molecule has 0 spiro atoms. The van der Waals surface area contributed by atoms with E-state index in [9.17, 15) is 9.59 Å². The fourth-order valence-electron chi connectivity index (χ4n) is 1.82. The number of benzene rings is 1. The number of hydrogen-bond acceptors (Lipinski definition) is 4. The van der Waals surface area contributed by atoms with E-state index < -0.39 is 23.7 Å². The molecule has 0 aliphatic carbocycles. The van der Waals surface area contributed by atoms with Gasteiger partial charge in [0.05, 0.1) is 0 Å². The fourth-order valence-corrected chi connectivity index (χ4v) is 1.82. The van der Waals surface area contributed by atoms with Crippen molar-refractivity contribution >= 4 is 17.7 Å². The minimum atomic E-state index is -0.893. The molecule has 0 aromatic heterocycles. The van der Waals surface area contributed by atoms with Gasteiger partial charge in [0.1, 0.15) is 11.6 Å². The van der Waals surface area contributed by atoms with E-state index in [1.54, 1.807) is 39.8 Å². The van der Waals surface area contributed by atoms with Crippen LogP contribution >= 0.6 is 0 Å². The molecule has 3 N–H and O–H groups in total. The molecule has 0 fully saturated rings. The molecule has 6 nitrogen and oxygen atoms in total. The third-order valence-electron chi connectivity index (χ3n) is 2.93. The second-order valence-electron chi connectivity index (χ2n) is 6.20. The van der Waals surface area contributed by atoms with Crippen LogP contribution in [0.3, 0.4) is 0 Å². The van der Waals surface area contributed by atoms with Gasteiger partial charge in [-0.2, -0.15) is 0 Å². The van der Waals surface area contributed by atoms with Gasteiger partial charge in [-0.1, -0.05) is 12.1 Å². The summed E-state index contributed by atoms with van der Waals surface area (Å²) in [6.45, 7) is 8.87. The van der Waals surface area contributed by atoms with Crippen LogP contribution in [0, 0.1) is 0 Å². The number of amides is 1. The Bertz CT molecular complexity index is 520. The maximum absolute atomic E-state index is 11.7. The number of rotatable bonds is 5. The minimum Gasteiger partial charge on any atom is -0.480 e. The van der Waals surface area contributed by atoms with Crippen molar-refractivity contribution in [2.75, 3.05) is 5.32 Å². The van der Waals surface area contributed by atoms with E-state index in [0.29, 0.717) is 5.69 Å². The molecule has 0 aliphatic rings. The van der Waals surface area contributed by atoms with Crippen molar-refractivity contribution in [1.29, 1.82) is 0 Å². The SMILES string of the molecule is CC(NC(C)c1ccc(NC(=O)OC(C)(C)C)cc1)C(=O)O. The van der Waals surface area contributed by atoms with E-state index in [1.165, 1.54) is 0 Å². The topological polar surface area (TPSA) is 87.7 Å². The lowest BCUT2D eigenvalue weighted by Crippen LogP contribution is -2.35. The van der Waals surface area contributed by atoms with Crippen molar-refractivity contribution in [3.8, 4) is 0 Å². The standard InChI is InChI=1S/C16H24N2O4/c1-10(17-11(2)14(19)20)12-6-8-13(9-7-12)18-15(21)22-16(3,4)5/h6-11,17H,1-5H3,(H,18,21)(H,19,20). The second-order valence-corrected chi connectivity index (χ2v) is 6.20. The summed E-state index contributed by atoms with van der Waals surface area (Å²) in [6, 6.07) is 6.43. The minimum absolute atomic E-state index is 0.110. The molecule has 0 saturated heterocycles. The average Bonchev–Trinajstić information content (AvgIpc) is 2.36. The van der Waals surface area contributed by atoms with Crippen molar-refractivity contribution in [3.05, 3.63) is 29.8 Å². The molecule has 1 rings (SSSR count). The van der Waals surface area contributed by atoms with Crippen LogP contribution in [0.15, 0.2) is 24.3 Å². The maximum atomic E-state index is 11.7. The van der Waals surface area contributed by atoms with Gasteiger partial charge in [-0.15, -0.1) is 0 Å². The molecule has 1 amide bonds. The number of ether oxygens (including phenoxy) is 1. The van der Waals surface area contributed by atoms with Gasteiger partial charge in [-0.25, -0.2) is 4.79 Å². The maximum Gasteiger partial charge on any atom is 0.412 e. The largest absolute Gasteiger partial charge is 0.480 e. The first kappa shape index (κ1) is 18.0. The van der Waals surface area contributed by atoms with Crippen LogP contribution in [0.2, 0.25) is 0 Å². The van der Waals surface area contributed by atoms with Crippen molar-refractivity contribution < 1.29 is 19.4 Å². The lowest BCUT2D eigenvalue weighted by Gasteiger charge is -2.20. The molecule has 1 aromatic carbocycles. The number of anilines is 1. The summed E-state index contributed by atoms with van der Waals surface area (Å²) in [5.41, 5.74) is 1.01. The summed E-state index contributed by atoms with van der Waals surface area (Å²) >= 11 is 0. The van der Waals surface area contributed by atoms with Crippen LogP contribution in [0.25, 0.3) is 0 Å². The van der Waals surface area contributed by atoms with Gasteiger partial charge in [0, 0.05) is 11.7 Å². The van der Waals surface area contributed by atoms with Crippen molar-refractivity contribution in [2.24, 2.45) is 0 Å².